The van der Waals surface area contributed by atoms with E-state index in [9.17, 15) is 27.9 Å². The predicted octanol–water partition coefficient (Wildman–Crippen LogP) is 5.44. The van der Waals surface area contributed by atoms with Crippen molar-refractivity contribution in [3.63, 3.8) is 0 Å². The Kier molecular flexibility index (Phi) is 5.81. The summed E-state index contributed by atoms with van der Waals surface area (Å²) in [6.45, 7) is 0. The number of benzene rings is 2. The highest BCUT2D eigenvalue weighted by molar-refractivity contribution is 7.14. The van der Waals surface area contributed by atoms with Crippen LogP contribution in [0.4, 0.5) is 18.9 Å². The van der Waals surface area contributed by atoms with E-state index in [1.165, 1.54) is 5.38 Å². The molecule has 1 heterocycles. The minimum absolute atomic E-state index is 0.167. The maximum Gasteiger partial charge on any atom is 0.339 e. The molecule has 0 radical (unpaired) electrons. The normalized spacial score (nSPS) is 10.7. The molecule has 0 bridgehead atoms. The quantitative estimate of drug-likeness (QED) is 0.552. The summed E-state index contributed by atoms with van der Waals surface area (Å²) in [5.41, 5.74) is -1.00. The van der Waals surface area contributed by atoms with Gasteiger partial charge in [0.2, 0.25) is 0 Å². The molecule has 0 saturated heterocycles. The Labute approximate surface area is 171 Å². The summed E-state index contributed by atoms with van der Waals surface area (Å²) in [4.78, 5) is 24.5. The lowest BCUT2D eigenvalue weighted by atomic mass is 10.1. The second-order valence-electron chi connectivity index (χ2n) is 5.68. The molecule has 2 N–H and O–H groups in total. The molecular weight excluding hydrogens is 431 g/mol. The van der Waals surface area contributed by atoms with Crippen LogP contribution in [0, 0.1) is 17.5 Å². The molecule has 0 aliphatic heterocycles. The number of anilines is 1. The zero-order chi connectivity index (χ0) is 21.3. The summed E-state index contributed by atoms with van der Waals surface area (Å²) < 4.78 is 46.4. The van der Waals surface area contributed by atoms with Crippen LogP contribution in [-0.4, -0.2) is 24.1 Å². The van der Waals surface area contributed by atoms with Crippen LogP contribution in [-0.2, 0) is 0 Å². The van der Waals surface area contributed by atoms with Gasteiger partial charge >= 0.3 is 5.97 Å². The molecule has 29 heavy (non-hydrogen) atoms. The summed E-state index contributed by atoms with van der Waals surface area (Å²) in [5.74, 6) is -7.88. The van der Waals surface area contributed by atoms with Gasteiger partial charge in [-0.3, -0.25) is 4.79 Å². The number of carboxylic acids is 1. The van der Waals surface area contributed by atoms with Gasteiger partial charge in [0.25, 0.3) is 5.91 Å². The highest BCUT2D eigenvalue weighted by Gasteiger charge is 2.27. The molecule has 1 amide bonds. The van der Waals surface area contributed by atoms with Crippen LogP contribution in [0.15, 0.2) is 35.7 Å². The van der Waals surface area contributed by atoms with Crippen molar-refractivity contribution in [2.45, 2.75) is 0 Å². The number of halogens is 4. The zero-order valence-electron chi connectivity index (χ0n) is 14.6. The van der Waals surface area contributed by atoms with Crippen molar-refractivity contribution in [2.75, 3.05) is 12.4 Å². The molecule has 10 heteroatoms. The fraction of sp³-hybridized carbons (Fsp3) is 0.0526. The molecule has 0 aliphatic carbocycles. The predicted molar refractivity (Wildman–Crippen MR) is 103 cm³/mol. The third-order valence-electron chi connectivity index (χ3n) is 3.92. The number of nitrogens with one attached hydrogen (secondary N) is 1. The minimum atomic E-state index is -1.53. The van der Waals surface area contributed by atoms with Crippen LogP contribution in [0.1, 0.15) is 20.7 Å². The Balaban J connectivity index is 2.02. The first-order valence-corrected chi connectivity index (χ1v) is 9.13. The average Bonchev–Trinajstić information content (AvgIpc) is 3.06. The van der Waals surface area contributed by atoms with Gasteiger partial charge in [-0.05, 0) is 17.7 Å². The molecule has 150 valence electrons. The van der Waals surface area contributed by atoms with E-state index < -0.39 is 40.6 Å². The summed E-state index contributed by atoms with van der Waals surface area (Å²) in [5, 5.41) is 13.5. The van der Waals surface area contributed by atoms with Crippen LogP contribution in [0.5, 0.6) is 5.75 Å². The van der Waals surface area contributed by atoms with E-state index >= 15 is 0 Å². The van der Waals surface area contributed by atoms with Gasteiger partial charge in [-0.1, -0.05) is 23.7 Å². The Morgan fingerprint density at radius 3 is 2.34 bits per heavy atom. The Bertz CT molecular complexity index is 1120. The second kappa shape index (κ2) is 8.14. The Hall–Kier alpha value is -3.04. The molecule has 2 aromatic carbocycles. The fourth-order valence-corrected chi connectivity index (χ4v) is 3.75. The average molecular weight is 442 g/mol. The molecule has 0 fully saturated rings. The van der Waals surface area contributed by atoms with Gasteiger partial charge in [-0.25, -0.2) is 18.0 Å². The first-order chi connectivity index (χ1) is 13.7. The number of aromatic carboxylic acids is 1. The van der Waals surface area contributed by atoms with Crippen LogP contribution >= 0.6 is 22.9 Å². The van der Waals surface area contributed by atoms with Crippen LogP contribution in [0.25, 0.3) is 10.4 Å². The Morgan fingerprint density at radius 1 is 1.10 bits per heavy atom. The lowest BCUT2D eigenvalue weighted by Crippen LogP contribution is -2.18. The van der Waals surface area contributed by atoms with Crippen molar-refractivity contribution in [3.8, 4) is 16.2 Å². The van der Waals surface area contributed by atoms with Crippen molar-refractivity contribution < 1.29 is 32.6 Å². The molecule has 3 aromatic rings. The van der Waals surface area contributed by atoms with Crippen molar-refractivity contribution in [1.29, 1.82) is 0 Å². The molecule has 0 spiro atoms. The SMILES string of the molecule is COc1c(F)cc(F)c(C(=O)Nc2csc(-c3ccc(Cl)cc3)c2C(=O)O)c1F. The molecular formula is C19H11ClF3NO4S. The van der Waals surface area contributed by atoms with Gasteiger partial charge in [0.15, 0.2) is 17.4 Å². The highest BCUT2D eigenvalue weighted by atomic mass is 35.5. The maximum absolute atomic E-state index is 14.3. The van der Waals surface area contributed by atoms with Crippen molar-refractivity contribution in [2.24, 2.45) is 0 Å². The van der Waals surface area contributed by atoms with E-state index in [0.29, 0.717) is 21.5 Å². The fourth-order valence-electron chi connectivity index (χ4n) is 2.63. The molecule has 0 aliphatic rings. The second-order valence-corrected chi connectivity index (χ2v) is 7.00. The first kappa shape index (κ1) is 20.7. The molecule has 0 atom stereocenters. The van der Waals surface area contributed by atoms with Crippen molar-refractivity contribution >= 4 is 40.5 Å². The smallest absolute Gasteiger partial charge is 0.339 e. The van der Waals surface area contributed by atoms with Crippen LogP contribution in [0.2, 0.25) is 5.02 Å². The van der Waals surface area contributed by atoms with Gasteiger partial charge in [-0.2, -0.15) is 0 Å². The largest absolute Gasteiger partial charge is 0.491 e. The van der Waals surface area contributed by atoms with E-state index in [1.807, 2.05) is 0 Å². The molecule has 1 aromatic heterocycles. The van der Waals surface area contributed by atoms with E-state index in [0.717, 1.165) is 18.4 Å². The monoisotopic (exact) mass is 441 g/mol. The van der Waals surface area contributed by atoms with Crippen molar-refractivity contribution in [3.05, 3.63) is 69.3 Å². The van der Waals surface area contributed by atoms with Gasteiger partial charge in [-0.15, -0.1) is 11.3 Å². The number of carbonyl (C=O) groups excluding carboxylic acids is 1. The summed E-state index contributed by atoms with van der Waals surface area (Å²) in [7, 11) is 0.959. The van der Waals surface area contributed by atoms with Crippen molar-refractivity contribution in [1.82, 2.24) is 0 Å². The van der Waals surface area contributed by atoms with Gasteiger partial charge in [0, 0.05) is 16.5 Å². The topological polar surface area (TPSA) is 75.6 Å². The number of methoxy groups -OCH3 is 1. The minimum Gasteiger partial charge on any atom is -0.491 e. The van der Waals surface area contributed by atoms with Gasteiger partial charge < -0.3 is 15.2 Å². The number of ether oxygens (including phenoxy) is 1. The Morgan fingerprint density at radius 2 is 1.76 bits per heavy atom. The molecule has 5 nitrogen and oxygen atoms in total. The third kappa shape index (κ3) is 3.92. The number of amides is 1. The number of carbonyl (C=O) groups is 2. The summed E-state index contributed by atoms with van der Waals surface area (Å²) >= 11 is 6.84. The number of rotatable bonds is 5. The highest BCUT2D eigenvalue weighted by Crippen LogP contribution is 2.37. The lowest BCUT2D eigenvalue weighted by molar-refractivity contribution is 0.0699. The van der Waals surface area contributed by atoms with Gasteiger partial charge in [0.05, 0.1) is 17.7 Å². The number of carboxylic acid groups (broad SMARTS) is 1. The van der Waals surface area contributed by atoms with Gasteiger partial charge in [0.1, 0.15) is 16.9 Å². The van der Waals surface area contributed by atoms with Crippen LogP contribution in [0.3, 0.4) is 0 Å². The number of hydrogen-bond acceptors (Lipinski definition) is 4. The van der Waals surface area contributed by atoms with E-state index in [4.69, 9.17) is 11.6 Å². The number of thiophene rings is 1. The lowest BCUT2D eigenvalue weighted by Gasteiger charge is -2.11. The maximum atomic E-state index is 14.3. The molecule has 3 rings (SSSR count). The zero-order valence-corrected chi connectivity index (χ0v) is 16.1. The molecule has 0 saturated carbocycles. The van der Waals surface area contributed by atoms with E-state index in [2.05, 4.69) is 10.1 Å². The van der Waals surface area contributed by atoms with E-state index in [1.54, 1.807) is 24.3 Å². The van der Waals surface area contributed by atoms with Crippen LogP contribution < -0.4 is 10.1 Å². The number of hydrogen-bond donors (Lipinski definition) is 2. The standard InChI is InChI=1S/C19H11ClF3NO4S/c1-28-16-11(22)6-10(21)13(15(16)23)18(25)24-12-7-29-17(14(12)19(26)27)8-2-4-9(20)5-3-8/h2-7H,1H3,(H,24,25)(H,26,27). The first-order valence-electron chi connectivity index (χ1n) is 7.88. The summed E-state index contributed by atoms with van der Waals surface area (Å²) in [6, 6.07) is 6.63. The summed E-state index contributed by atoms with van der Waals surface area (Å²) in [6.07, 6.45) is 0. The molecule has 0 unspecified atom stereocenters. The van der Waals surface area contributed by atoms with E-state index in [-0.39, 0.29) is 11.3 Å². The third-order valence-corrected chi connectivity index (χ3v) is 5.20.